The second kappa shape index (κ2) is 14.2. The minimum absolute atomic E-state index is 0. The largest absolute Gasteiger partial charge is 1.00 e. The minimum atomic E-state index is -3.96. The molecule has 0 bridgehead atoms. The van der Waals surface area contributed by atoms with E-state index in [1.54, 1.807) is 0 Å². The van der Waals surface area contributed by atoms with Crippen molar-refractivity contribution < 1.29 is 95.8 Å². The van der Waals surface area contributed by atoms with Gasteiger partial charge in [-0.25, -0.2) is 0 Å². The van der Waals surface area contributed by atoms with E-state index in [2.05, 4.69) is 0 Å². The van der Waals surface area contributed by atoms with E-state index in [1.807, 2.05) is 0 Å². The van der Waals surface area contributed by atoms with Crippen LogP contribution >= 0.6 is 15.9 Å². The normalized spacial score (nSPS) is 11.1. The molecule has 1 atom stereocenters. The molecule has 0 aliphatic carbocycles. The van der Waals surface area contributed by atoms with E-state index in [0.29, 0.717) is 0 Å². The van der Waals surface area contributed by atoms with Crippen LogP contribution in [-0.4, -0.2) is 37.1 Å². The van der Waals surface area contributed by atoms with Crippen LogP contribution in [0.4, 0.5) is 0 Å². The fraction of sp³-hybridized carbons (Fsp3) is 1.00. The van der Waals surface area contributed by atoms with E-state index < -0.39 is 22.1 Å². The molecule has 0 aromatic carbocycles. The van der Waals surface area contributed by atoms with E-state index in [4.69, 9.17) is 35.0 Å². The molecule has 1 unspecified atom stereocenters. The van der Waals surface area contributed by atoms with Gasteiger partial charge in [0.15, 0.2) is 0 Å². The molecule has 0 heterocycles. The quantitative estimate of drug-likeness (QED) is 0.169. The molecule has 0 fully saturated rings. The first-order chi connectivity index (χ1) is 5.65. The Bertz CT molecular complexity index is 202. The van der Waals surface area contributed by atoms with Gasteiger partial charge in [-0.2, -0.15) is 0 Å². The van der Waals surface area contributed by atoms with Gasteiger partial charge >= 0.3 is 75.0 Å². The number of aliphatic hydroxyl groups is 1. The van der Waals surface area contributed by atoms with Crippen molar-refractivity contribution in [2.45, 2.75) is 12.6 Å². The molecule has 0 aliphatic rings. The van der Waals surface area contributed by atoms with Gasteiger partial charge in [0.1, 0.15) is 6.23 Å². The van der Waals surface area contributed by atoms with Crippen molar-refractivity contribution in [3.8, 4) is 0 Å². The third-order valence-electron chi connectivity index (χ3n) is 0.716. The third-order valence-corrected chi connectivity index (χ3v) is 1.56. The van der Waals surface area contributed by atoms with Crippen molar-refractivity contribution in [2.24, 2.45) is 5.73 Å². The maximum atomic E-state index is 10.1. The Hall–Kier alpha value is 2.09. The zero-order valence-corrected chi connectivity index (χ0v) is 14.3. The first kappa shape index (κ1) is 25.8. The fourth-order valence-corrected chi connectivity index (χ4v) is 0.901. The summed E-state index contributed by atoms with van der Waals surface area (Å²) in [6.45, 7) is 0. The summed E-state index contributed by atoms with van der Waals surface area (Å²) in [5.41, 5.74) is 4.81. The Balaban J connectivity index is -0.0000000338. The average molecular weight is 284 g/mol. The van der Waals surface area contributed by atoms with Crippen LogP contribution in [0.1, 0.15) is 9.27 Å². The van der Waals surface area contributed by atoms with Crippen LogP contribution in [0.2, 0.25) is 0 Å². The summed E-state index contributed by atoms with van der Waals surface area (Å²) in [5, 5.41) is 8.35. The first-order valence-corrected chi connectivity index (χ1v) is 5.94. The van der Waals surface area contributed by atoms with Gasteiger partial charge in [-0.1, -0.05) is 0 Å². The maximum absolute atomic E-state index is 10.1. The van der Waals surface area contributed by atoms with Crippen LogP contribution in [0.15, 0.2) is 0 Å². The monoisotopic (exact) mass is 284 g/mol. The van der Waals surface area contributed by atoms with Gasteiger partial charge in [-0.05, 0) is 6.42 Å². The smallest absolute Gasteiger partial charge is 1.00 e. The van der Waals surface area contributed by atoms with Gasteiger partial charge < -0.3 is 23.5 Å². The zero-order chi connectivity index (χ0) is 11.1. The number of nitrogens with two attached hydrogens (primary N) is 1. The maximum Gasteiger partial charge on any atom is 1.00 e. The van der Waals surface area contributed by atoms with Crippen molar-refractivity contribution in [3.63, 3.8) is 0 Å². The zero-order valence-electron chi connectivity index (χ0n) is 10.5. The fourth-order valence-electron chi connectivity index (χ4n) is 0.300. The van der Waals surface area contributed by atoms with E-state index in [0.717, 1.165) is 0 Å². The summed E-state index contributed by atoms with van der Waals surface area (Å²) in [4.78, 5) is 30.7. The molecular weight excluding hydrogens is 270 g/mol. The molecule has 0 spiro atoms. The second-order valence-corrected chi connectivity index (χ2v) is 4.28. The molecule has 12 heteroatoms. The summed E-state index contributed by atoms with van der Waals surface area (Å²) in [6.07, 6.45) is -1.55. The molecule has 0 amide bonds. The summed E-state index contributed by atoms with van der Waals surface area (Å²) >= 11 is 0. The van der Waals surface area contributed by atoms with Crippen molar-refractivity contribution in [1.29, 1.82) is 0 Å². The summed E-state index contributed by atoms with van der Waals surface area (Å²) in [7, 11) is -6.83. The molecule has 15 heavy (non-hydrogen) atoms. The molecule has 8 nitrogen and oxygen atoms in total. The Labute approximate surface area is 135 Å². The SMILES string of the molecule is NC(O)CCP(=O)(O)O.O=[P+](O)O.[H-].[H-].[Na+].[Na+]. The second-order valence-electron chi connectivity index (χ2n) is 2.00. The van der Waals surface area contributed by atoms with Crippen LogP contribution in [0, 0.1) is 0 Å². The predicted octanol–water partition coefficient (Wildman–Crippen LogP) is -7.31. The van der Waals surface area contributed by atoms with Gasteiger partial charge in [0.05, 0.1) is 6.16 Å². The van der Waals surface area contributed by atoms with Gasteiger partial charge in [0.2, 0.25) is 0 Å². The summed E-state index contributed by atoms with van der Waals surface area (Å²) in [5.74, 6) is 0. The van der Waals surface area contributed by atoms with Gasteiger partial charge in [-0.3, -0.25) is 4.57 Å². The van der Waals surface area contributed by atoms with Gasteiger partial charge in [0, 0.05) is 4.57 Å². The van der Waals surface area contributed by atoms with E-state index in [1.165, 1.54) is 0 Å². The third kappa shape index (κ3) is 48.8. The molecule has 0 aliphatic heterocycles. The molecule has 0 aromatic rings. The number of rotatable bonds is 3. The minimum Gasteiger partial charge on any atom is -1.00 e. The predicted molar refractivity (Wildman–Crippen MR) is 46.0 cm³/mol. The number of aliphatic hydroxyl groups excluding tert-OH is 1. The first-order valence-electron chi connectivity index (χ1n) is 2.98. The summed E-state index contributed by atoms with van der Waals surface area (Å²) in [6, 6.07) is 0. The molecule has 7 N–H and O–H groups in total. The average Bonchev–Trinajstić information content (AvgIpc) is 1.80. The van der Waals surface area contributed by atoms with Crippen LogP contribution in [0.25, 0.3) is 0 Å². The topological polar surface area (TPSA) is 161 Å². The molecule has 0 saturated carbocycles. The van der Waals surface area contributed by atoms with Crippen molar-refractivity contribution >= 4 is 15.9 Å². The molecule has 84 valence electrons. The van der Waals surface area contributed by atoms with Crippen molar-refractivity contribution in [1.82, 2.24) is 0 Å². The molecule has 0 rings (SSSR count). The molecule has 0 aromatic heterocycles. The Morgan fingerprint density at radius 3 is 1.67 bits per heavy atom. The van der Waals surface area contributed by atoms with Crippen LogP contribution in [-0.2, 0) is 9.13 Å². The standard InChI is InChI=1S/C3H10NO4P.2Na.HO3P.2H/c4-3(5)1-2-9(6,7)8;;;1-4(2)3;;/h3,5H,1-2,4H2,(H2,6,7,8);;;(H-,1,2,3);;/q;2*+1;;2*-1/p+1. The van der Waals surface area contributed by atoms with Crippen molar-refractivity contribution in [3.05, 3.63) is 0 Å². The number of hydrogen-bond donors (Lipinski definition) is 6. The number of hydrogen-bond acceptors (Lipinski definition) is 4. The summed E-state index contributed by atoms with van der Waals surface area (Å²) < 4.78 is 18.8. The van der Waals surface area contributed by atoms with Crippen molar-refractivity contribution in [2.75, 3.05) is 6.16 Å². The molecule has 0 saturated heterocycles. The van der Waals surface area contributed by atoms with Crippen LogP contribution in [0.5, 0.6) is 0 Å². The Kier molecular flexibility index (Phi) is 24.4. The Morgan fingerprint density at radius 1 is 1.33 bits per heavy atom. The van der Waals surface area contributed by atoms with E-state index in [9.17, 15) is 4.57 Å². The van der Waals surface area contributed by atoms with E-state index >= 15 is 0 Å². The molecular formula is C3H14NNa2O7P2+. The molecule has 0 radical (unpaired) electrons. The van der Waals surface area contributed by atoms with E-state index in [-0.39, 0.29) is 74.6 Å². The van der Waals surface area contributed by atoms with Crippen LogP contribution < -0.4 is 64.8 Å². The van der Waals surface area contributed by atoms with Gasteiger partial charge in [0.25, 0.3) is 0 Å². The Morgan fingerprint density at radius 2 is 1.60 bits per heavy atom. The van der Waals surface area contributed by atoms with Gasteiger partial charge in [-0.15, -0.1) is 9.79 Å². The van der Waals surface area contributed by atoms with Crippen LogP contribution in [0.3, 0.4) is 0 Å².